The second-order valence-electron chi connectivity index (χ2n) is 20.7. The number of hydrogen-bond donors (Lipinski definition) is 0. The second-order valence-corrected chi connectivity index (χ2v) is 21.8. The number of nitrogens with zero attached hydrogens (tertiary/aromatic N) is 1. The van der Waals surface area contributed by atoms with Gasteiger partial charge in [-0.05, 0) is 115 Å². The maximum Gasteiger partial charge on any atom is 0.141 e. The number of rotatable bonds is 5. The Morgan fingerprint density at radius 2 is 0.871 bits per heavy atom. The lowest BCUT2D eigenvalue weighted by atomic mass is 9.67. The molecule has 0 saturated heterocycles. The molecule has 10 aromatic carbocycles. The second kappa shape index (κ2) is 14.1. The average molecular weight is 914 g/mol. The van der Waals surface area contributed by atoms with E-state index in [1.807, 2.05) is 11.3 Å². The summed E-state index contributed by atoms with van der Waals surface area (Å²) in [6.45, 7) is 9.54. The summed E-state index contributed by atoms with van der Waals surface area (Å²) in [5, 5.41) is 4.88. The minimum atomic E-state index is -0.742. The van der Waals surface area contributed by atoms with Gasteiger partial charge in [0.1, 0.15) is 11.2 Å². The van der Waals surface area contributed by atoms with Crippen molar-refractivity contribution in [3.05, 3.63) is 257 Å². The molecule has 0 fully saturated rings. The zero-order chi connectivity index (χ0) is 46.7. The lowest BCUT2D eigenvalue weighted by Gasteiger charge is -2.35. The van der Waals surface area contributed by atoms with Gasteiger partial charge in [0.05, 0.1) is 5.41 Å². The van der Waals surface area contributed by atoms with Crippen LogP contribution in [0.1, 0.15) is 72.2 Å². The van der Waals surface area contributed by atoms with E-state index in [-0.39, 0.29) is 10.8 Å². The standard InChI is InChI=1S/C67H47NOS/c1-65(2)52-27-15-11-23-45(52)47-34-31-42(37-54(47)65)68(43-32-35-48-46-24-12-16-28-53(46)66(3,4)55(48)38-43)44-33-36-49-56(39-44)67(40-19-7-5-8-20-40,41-21-9-6-10-22-41)62-61(49)64-60(51-26-14-18-30-58(51)70-64)59-50-25-13-17-29-57(50)69-63(59)62/h5-39H,1-4H3. The lowest BCUT2D eigenvalue weighted by Crippen LogP contribution is -2.29. The molecule has 332 valence electrons. The predicted molar refractivity (Wildman–Crippen MR) is 294 cm³/mol. The van der Waals surface area contributed by atoms with Gasteiger partial charge in [-0.1, -0.05) is 191 Å². The van der Waals surface area contributed by atoms with Gasteiger partial charge in [0.25, 0.3) is 0 Å². The topological polar surface area (TPSA) is 16.4 Å². The molecule has 3 aliphatic carbocycles. The van der Waals surface area contributed by atoms with Crippen LogP contribution in [0.3, 0.4) is 0 Å². The van der Waals surface area contributed by atoms with E-state index in [1.165, 1.54) is 103 Å². The fraction of sp³-hybridized carbons (Fsp3) is 0.104. The summed E-state index contributed by atoms with van der Waals surface area (Å²) in [7, 11) is 0. The maximum absolute atomic E-state index is 7.34. The molecule has 2 aromatic heterocycles. The molecule has 0 saturated carbocycles. The van der Waals surface area contributed by atoms with Crippen molar-refractivity contribution >= 4 is 70.5 Å². The first kappa shape index (κ1) is 40.0. The number of thiophene rings is 1. The maximum atomic E-state index is 7.34. The monoisotopic (exact) mass is 913 g/mol. The molecule has 2 heterocycles. The third-order valence-corrected chi connectivity index (χ3v) is 17.7. The predicted octanol–water partition coefficient (Wildman–Crippen LogP) is 18.4. The molecular formula is C67H47NOS. The van der Waals surface area contributed by atoms with Crippen LogP contribution in [0.5, 0.6) is 0 Å². The summed E-state index contributed by atoms with van der Waals surface area (Å²) in [4.78, 5) is 2.54. The highest BCUT2D eigenvalue weighted by molar-refractivity contribution is 7.26. The Hall–Kier alpha value is -7.98. The number of para-hydroxylation sites is 1. The van der Waals surface area contributed by atoms with Crippen molar-refractivity contribution in [2.45, 2.75) is 43.9 Å². The van der Waals surface area contributed by atoms with E-state index in [4.69, 9.17) is 4.42 Å². The molecular weight excluding hydrogens is 867 g/mol. The Kier molecular flexibility index (Phi) is 8.03. The van der Waals surface area contributed by atoms with Crippen LogP contribution >= 0.6 is 11.3 Å². The molecule has 0 amide bonds. The van der Waals surface area contributed by atoms with Gasteiger partial charge in [-0.25, -0.2) is 0 Å². The summed E-state index contributed by atoms with van der Waals surface area (Å²) in [5.74, 6) is 0. The average Bonchev–Trinajstić information content (AvgIpc) is 4.17. The van der Waals surface area contributed by atoms with E-state index in [2.05, 4.69) is 245 Å². The van der Waals surface area contributed by atoms with Gasteiger partial charge in [0, 0.05) is 70.0 Å². The van der Waals surface area contributed by atoms with Crippen LogP contribution in [0.15, 0.2) is 217 Å². The molecule has 0 radical (unpaired) electrons. The Morgan fingerprint density at radius 1 is 0.400 bits per heavy atom. The highest BCUT2D eigenvalue weighted by Gasteiger charge is 2.50. The summed E-state index contributed by atoms with van der Waals surface area (Å²) in [6.07, 6.45) is 0. The Balaban J connectivity index is 1.06. The van der Waals surface area contributed by atoms with Crippen molar-refractivity contribution in [3.63, 3.8) is 0 Å². The van der Waals surface area contributed by atoms with Gasteiger partial charge in [-0.3, -0.25) is 0 Å². The van der Waals surface area contributed by atoms with Crippen LogP contribution < -0.4 is 4.90 Å². The minimum Gasteiger partial charge on any atom is -0.456 e. The molecule has 15 rings (SSSR count). The summed E-state index contributed by atoms with van der Waals surface area (Å²) < 4.78 is 9.92. The smallest absolute Gasteiger partial charge is 0.141 e. The van der Waals surface area contributed by atoms with Crippen molar-refractivity contribution in [1.29, 1.82) is 0 Å². The Labute approximate surface area is 411 Å². The van der Waals surface area contributed by atoms with E-state index < -0.39 is 5.41 Å². The van der Waals surface area contributed by atoms with Gasteiger partial charge in [0.15, 0.2) is 0 Å². The first-order valence-corrected chi connectivity index (χ1v) is 25.4. The molecule has 0 spiro atoms. The molecule has 3 heteroatoms. The van der Waals surface area contributed by atoms with Crippen LogP contribution in [0, 0.1) is 0 Å². The normalized spacial score (nSPS) is 15.2. The molecule has 3 aliphatic rings. The van der Waals surface area contributed by atoms with Crippen molar-refractivity contribution in [2.75, 3.05) is 4.90 Å². The van der Waals surface area contributed by atoms with Gasteiger partial charge in [0.2, 0.25) is 0 Å². The van der Waals surface area contributed by atoms with Crippen LogP contribution in [0.25, 0.3) is 75.5 Å². The van der Waals surface area contributed by atoms with Crippen LogP contribution in [-0.2, 0) is 16.2 Å². The number of anilines is 3. The fourth-order valence-electron chi connectivity index (χ4n) is 13.4. The highest BCUT2D eigenvalue weighted by Crippen LogP contribution is 2.64. The van der Waals surface area contributed by atoms with Crippen LogP contribution in [0.2, 0.25) is 0 Å². The Bertz CT molecular complexity index is 4040. The van der Waals surface area contributed by atoms with E-state index in [0.29, 0.717) is 0 Å². The van der Waals surface area contributed by atoms with Gasteiger partial charge in [-0.15, -0.1) is 11.3 Å². The first-order chi connectivity index (χ1) is 34.2. The lowest BCUT2D eigenvalue weighted by molar-refractivity contribution is 0.650. The Morgan fingerprint density at radius 3 is 1.47 bits per heavy atom. The van der Waals surface area contributed by atoms with Crippen molar-refractivity contribution < 1.29 is 4.42 Å². The molecule has 0 N–H and O–H groups in total. The molecule has 0 aliphatic heterocycles. The quantitative estimate of drug-likeness (QED) is 0.171. The summed E-state index contributed by atoms with van der Waals surface area (Å²) in [6, 6.07) is 79.7. The van der Waals surface area contributed by atoms with Gasteiger partial charge in [-0.2, -0.15) is 0 Å². The molecule has 70 heavy (non-hydrogen) atoms. The molecule has 0 atom stereocenters. The van der Waals surface area contributed by atoms with Crippen molar-refractivity contribution in [1.82, 2.24) is 0 Å². The SMILES string of the molecule is CC1(C)c2ccccc2-c2ccc(N(c3ccc4c(c3)C(C)(C)c3ccccc3-4)c3ccc4c(c3)C(c3ccccc3)(c3ccccc3)c3c-4c4sc5ccccc5c4c4c3oc3ccccc34)cc21. The van der Waals surface area contributed by atoms with E-state index >= 15 is 0 Å². The molecule has 0 unspecified atom stereocenters. The summed E-state index contributed by atoms with van der Waals surface area (Å²) >= 11 is 1.91. The number of furan rings is 1. The van der Waals surface area contributed by atoms with Crippen LogP contribution in [-0.4, -0.2) is 0 Å². The number of hydrogen-bond acceptors (Lipinski definition) is 3. The van der Waals surface area contributed by atoms with E-state index in [1.54, 1.807) is 0 Å². The number of fused-ring (bicyclic) bond motifs is 18. The highest BCUT2D eigenvalue weighted by atomic mass is 32.1. The van der Waals surface area contributed by atoms with Gasteiger partial charge >= 0.3 is 0 Å². The summed E-state index contributed by atoms with van der Waals surface area (Å²) in [5.41, 5.74) is 22.3. The number of benzene rings is 10. The first-order valence-electron chi connectivity index (χ1n) is 24.6. The fourth-order valence-corrected chi connectivity index (χ4v) is 14.6. The molecule has 12 aromatic rings. The van der Waals surface area contributed by atoms with Crippen molar-refractivity contribution in [3.8, 4) is 33.4 Å². The van der Waals surface area contributed by atoms with Crippen molar-refractivity contribution in [2.24, 2.45) is 0 Å². The van der Waals surface area contributed by atoms with E-state index in [0.717, 1.165) is 33.6 Å². The molecule has 0 bridgehead atoms. The molecule has 2 nitrogen and oxygen atoms in total. The third-order valence-electron chi connectivity index (χ3n) is 16.5. The zero-order valence-electron chi connectivity index (χ0n) is 39.5. The van der Waals surface area contributed by atoms with Crippen LogP contribution in [0.4, 0.5) is 17.1 Å². The van der Waals surface area contributed by atoms with E-state index in [9.17, 15) is 0 Å². The largest absolute Gasteiger partial charge is 0.456 e. The third kappa shape index (κ3) is 5.07. The zero-order valence-corrected chi connectivity index (χ0v) is 40.3. The van der Waals surface area contributed by atoms with Gasteiger partial charge < -0.3 is 9.32 Å². The minimum absolute atomic E-state index is 0.169.